The number of rotatable bonds is 2. The molecule has 1 heterocycles. The van der Waals surface area contributed by atoms with E-state index in [1.54, 1.807) is 0 Å². The number of H-pyrrole nitrogens is 1. The molecule has 16 heavy (non-hydrogen) atoms. The van der Waals surface area contributed by atoms with Gasteiger partial charge < -0.3 is 4.98 Å². The molecule has 3 rings (SSSR count). The van der Waals surface area contributed by atoms with E-state index in [9.17, 15) is 0 Å². The van der Waals surface area contributed by atoms with Crippen molar-refractivity contribution in [2.45, 2.75) is 18.8 Å². The average molecular weight is 298 g/mol. The van der Waals surface area contributed by atoms with Crippen LogP contribution in [0.15, 0.2) is 28.9 Å². The number of hydrogen-bond donors (Lipinski definition) is 1. The second-order valence-corrected chi connectivity index (χ2v) is 5.41. The van der Waals surface area contributed by atoms with Gasteiger partial charge in [0.15, 0.2) is 0 Å². The maximum Gasteiger partial charge on any atom is 0.138 e. The molecule has 0 radical (unpaired) electrons. The zero-order valence-electron chi connectivity index (χ0n) is 8.50. The van der Waals surface area contributed by atoms with Gasteiger partial charge in [-0.05, 0) is 31.0 Å². The average Bonchev–Trinajstić information content (AvgIpc) is 2.98. The Morgan fingerprint density at radius 2 is 2.19 bits per heavy atom. The Labute approximate surface area is 107 Å². The van der Waals surface area contributed by atoms with E-state index in [0.717, 1.165) is 15.9 Å². The topological polar surface area (TPSA) is 28.7 Å². The number of benzene rings is 1. The molecule has 82 valence electrons. The molecule has 1 fully saturated rings. The van der Waals surface area contributed by atoms with Gasteiger partial charge in [-0.15, -0.1) is 0 Å². The van der Waals surface area contributed by atoms with Crippen LogP contribution in [0, 0.1) is 0 Å². The molecule has 1 saturated carbocycles. The van der Waals surface area contributed by atoms with Crippen molar-refractivity contribution in [1.82, 2.24) is 9.97 Å². The molecule has 4 heteroatoms. The summed E-state index contributed by atoms with van der Waals surface area (Å²) in [6.07, 6.45) is 4.47. The van der Waals surface area contributed by atoms with Crippen LogP contribution in [0.2, 0.25) is 5.02 Å². The van der Waals surface area contributed by atoms with Crippen LogP contribution in [-0.2, 0) is 0 Å². The molecule has 0 saturated heterocycles. The van der Waals surface area contributed by atoms with Crippen molar-refractivity contribution in [3.63, 3.8) is 0 Å². The Morgan fingerprint density at radius 3 is 2.88 bits per heavy atom. The molecule has 0 aliphatic heterocycles. The molecule has 2 nitrogen and oxygen atoms in total. The smallest absolute Gasteiger partial charge is 0.138 e. The van der Waals surface area contributed by atoms with Gasteiger partial charge in [-0.3, -0.25) is 0 Å². The zero-order chi connectivity index (χ0) is 11.1. The molecule has 0 spiro atoms. The minimum atomic E-state index is 0.690. The third-order valence-corrected chi connectivity index (χ3v) is 3.60. The molecule has 2 aromatic rings. The highest BCUT2D eigenvalue weighted by atomic mass is 79.9. The number of imidazole rings is 1. The largest absolute Gasteiger partial charge is 0.342 e. The maximum absolute atomic E-state index is 6.18. The van der Waals surface area contributed by atoms with E-state index in [0.29, 0.717) is 10.9 Å². The summed E-state index contributed by atoms with van der Waals surface area (Å²) < 4.78 is 0.982. The highest BCUT2D eigenvalue weighted by Gasteiger charge is 2.25. The minimum Gasteiger partial charge on any atom is -0.342 e. The fraction of sp³-hybridized carbons (Fsp3) is 0.250. The standard InChI is InChI=1S/C12H10BrClN2/c13-8-3-4-9(10(14)5-8)12-15-6-11(16-12)7-1-2-7/h3-7H,1-2H2,(H,15,16). The van der Waals surface area contributed by atoms with Crippen LogP contribution in [0.3, 0.4) is 0 Å². The van der Waals surface area contributed by atoms with E-state index in [1.165, 1.54) is 18.5 Å². The maximum atomic E-state index is 6.18. The summed E-state index contributed by atoms with van der Waals surface area (Å²) in [4.78, 5) is 7.72. The van der Waals surface area contributed by atoms with Gasteiger partial charge >= 0.3 is 0 Å². The van der Waals surface area contributed by atoms with Gasteiger partial charge in [0, 0.05) is 27.8 Å². The van der Waals surface area contributed by atoms with E-state index in [4.69, 9.17) is 11.6 Å². The molecule has 0 bridgehead atoms. The summed E-state index contributed by atoms with van der Waals surface area (Å²) in [6, 6.07) is 5.83. The van der Waals surface area contributed by atoms with Crippen molar-refractivity contribution in [1.29, 1.82) is 0 Å². The van der Waals surface area contributed by atoms with E-state index in [1.807, 2.05) is 24.4 Å². The fourth-order valence-electron chi connectivity index (χ4n) is 1.76. The number of nitrogens with zero attached hydrogens (tertiary/aromatic N) is 1. The third kappa shape index (κ3) is 1.89. The molecule has 1 aromatic carbocycles. The third-order valence-electron chi connectivity index (χ3n) is 2.80. The molecule has 0 unspecified atom stereocenters. The Hall–Kier alpha value is -0.800. The molecule has 1 aliphatic rings. The lowest BCUT2D eigenvalue weighted by Gasteiger charge is -2.01. The van der Waals surface area contributed by atoms with Gasteiger partial charge in [-0.2, -0.15) is 0 Å². The van der Waals surface area contributed by atoms with E-state index in [-0.39, 0.29) is 0 Å². The van der Waals surface area contributed by atoms with Crippen molar-refractivity contribution in [2.24, 2.45) is 0 Å². The molecular weight excluding hydrogens is 288 g/mol. The lowest BCUT2D eigenvalue weighted by Crippen LogP contribution is -1.83. The quantitative estimate of drug-likeness (QED) is 0.876. The van der Waals surface area contributed by atoms with Crippen LogP contribution >= 0.6 is 27.5 Å². The van der Waals surface area contributed by atoms with Crippen molar-refractivity contribution in [3.05, 3.63) is 39.6 Å². The Kier molecular flexibility index (Phi) is 2.52. The number of halogens is 2. The first-order chi connectivity index (χ1) is 7.74. The van der Waals surface area contributed by atoms with Crippen LogP contribution in [0.1, 0.15) is 24.5 Å². The summed E-state index contributed by atoms with van der Waals surface area (Å²) in [5, 5.41) is 0.714. The Balaban J connectivity index is 2.00. The first-order valence-corrected chi connectivity index (χ1v) is 6.41. The fourth-order valence-corrected chi connectivity index (χ4v) is 2.52. The van der Waals surface area contributed by atoms with Gasteiger partial charge in [-0.25, -0.2) is 4.98 Å². The molecule has 1 aromatic heterocycles. The highest BCUT2D eigenvalue weighted by Crippen LogP contribution is 2.40. The van der Waals surface area contributed by atoms with Crippen molar-refractivity contribution < 1.29 is 0 Å². The van der Waals surface area contributed by atoms with Crippen molar-refractivity contribution >= 4 is 27.5 Å². The predicted octanol–water partition coefficient (Wildman–Crippen LogP) is 4.37. The van der Waals surface area contributed by atoms with Crippen molar-refractivity contribution in [2.75, 3.05) is 0 Å². The van der Waals surface area contributed by atoms with E-state index in [2.05, 4.69) is 25.9 Å². The Morgan fingerprint density at radius 1 is 1.38 bits per heavy atom. The Bertz CT molecular complexity index is 532. The van der Waals surface area contributed by atoms with Gasteiger partial charge in [0.2, 0.25) is 0 Å². The van der Waals surface area contributed by atoms with Crippen LogP contribution in [0.5, 0.6) is 0 Å². The number of aromatic amines is 1. The van der Waals surface area contributed by atoms with Crippen molar-refractivity contribution in [3.8, 4) is 11.4 Å². The summed E-state index contributed by atoms with van der Waals surface area (Å²) in [5.41, 5.74) is 2.19. The van der Waals surface area contributed by atoms with Crippen LogP contribution in [-0.4, -0.2) is 9.97 Å². The number of hydrogen-bond acceptors (Lipinski definition) is 1. The number of nitrogens with one attached hydrogen (secondary N) is 1. The summed E-state index contributed by atoms with van der Waals surface area (Å²) in [6.45, 7) is 0. The van der Waals surface area contributed by atoms with Crippen LogP contribution in [0.25, 0.3) is 11.4 Å². The molecular formula is C12H10BrClN2. The highest BCUT2D eigenvalue weighted by molar-refractivity contribution is 9.10. The molecule has 0 amide bonds. The van der Waals surface area contributed by atoms with Crippen LogP contribution in [0.4, 0.5) is 0 Å². The normalized spacial score (nSPS) is 15.4. The monoisotopic (exact) mass is 296 g/mol. The molecule has 1 N–H and O–H groups in total. The second-order valence-electron chi connectivity index (χ2n) is 4.09. The lowest BCUT2D eigenvalue weighted by molar-refractivity contribution is 1.05. The van der Waals surface area contributed by atoms with Gasteiger partial charge in [0.25, 0.3) is 0 Å². The van der Waals surface area contributed by atoms with Gasteiger partial charge in [0.1, 0.15) is 5.82 Å². The SMILES string of the molecule is Clc1cc(Br)ccc1-c1ncc(C2CC2)[nH]1. The summed E-state index contributed by atoms with van der Waals surface area (Å²) in [7, 11) is 0. The first kappa shape index (κ1) is 10.4. The summed E-state index contributed by atoms with van der Waals surface area (Å²) in [5.74, 6) is 1.55. The molecule has 1 aliphatic carbocycles. The predicted molar refractivity (Wildman–Crippen MR) is 68.7 cm³/mol. The lowest BCUT2D eigenvalue weighted by atomic mass is 10.2. The number of aromatic nitrogens is 2. The van der Waals surface area contributed by atoms with Crippen LogP contribution < -0.4 is 0 Å². The van der Waals surface area contributed by atoms with Gasteiger partial charge in [-0.1, -0.05) is 27.5 Å². The van der Waals surface area contributed by atoms with E-state index >= 15 is 0 Å². The molecule has 0 atom stereocenters. The minimum absolute atomic E-state index is 0.690. The first-order valence-electron chi connectivity index (χ1n) is 5.24. The zero-order valence-corrected chi connectivity index (χ0v) is 10.8. The second kappa shape index (κ2) is 3.90. The van der Waals surface area contributed by atoms with E-state index < -0.39 is 0 Å². The summed E-state index contributed by atoms with van der Waals surface area (Å²) >= 11 is 9.57. The van der Waals surface area contributed by atoms with Gasteiger partial charge in [0.05, 0.1) is 5.02 Å².